The number of nitrogens with two attached hydrogens (primary N) is 1. The summed E-state index contributed by atoms with van der Waals surface area (Å²) in [6.45, 7) is 4.96. The first-order valence-electron chi connectivity index (χ1n) is 8.00. The molecule has 2 amide bonds. The van der Waals surface area contributed by atoms with Crippen LogP contribution in [0.4, 0.5) is 0 Å². The van der Waals surface area contributed by atoms with Crippen molar-refractivity contribution in [2.45, 2.75) is 50.1 Å². The fraction of sp³-hybridized carbons (Fsp3) is 0.500. The molecule has 9 heteroatoms. The largest absolute Gasteiger partial charge is 0.368 e. The van der Waals surface area contributed by atoms with Gasteiger partial charge in [0, 0.05) is 0 Å². The van der Waals surface area contributed by atoms with Gasteiger partial charge >= 0.3 is 0 Å². The maximum Gasteiger partial charge on any atom is 0.243 e. The third kappa shape index (κ3) is 2.82. The first kappa shape index (κ1) is 17.8. The van der Waals surface area contributed by atoms with Crippen molar-refractivity contribution >= 4 is 21.8 Å². The number of aryl methyl sites for hydroxylation is 1. The van der Waals surface area contributed by atoms with E-state index in [0.29, 0.717) is 0 Å². The van der Waals surface area contributed by atoms with Crippen molar-refractivity contribution in [1.82, 2.24) is 9.21 Å². The third-order valence-corrected chi connectivity index (χ3v) is 6.68. The Morgan fingerprint density at radius 2 is 1.84 bits per heavy atom. The van der Waals surface area contributed by atoms with E-state index in [-0.39, 0.29) is 11.4 Å². The molecule has 2 N–H and O–H groups in total. The number of carbonyl (C=O) groups excluding carboxylic acids is 2. The fourth-order valence-electron chi connectivity index (χ4n) is 3.37. The summed E-state index contributed by atoms with van der Waals surface area (Å²) in [6, 6.07) is 4.60. The zero-order chi connectivity index (χ0) is 18.5. The van der Waals surface area contributed by atoms with E-state index in [1.54, 1.807) is 19.1 Å². The van der Waals surface area contributed by atoms with Crippen molar-refractivity contribution in [3.05, 3.63) is 29.8 Å². The molecule has 2 saturated heterocycles. The van der Waals surface area contributed by atoms with Gasteiger partial charge in [-0.25, -0.2) is 8.42 Å². The molecule has 8 nitrogen and oxygen atoms in total. The lowest BCUT2D eigenvalue weighted by atomic mass is 10.1. The lowest BCUT2D eigenvalue weighted by Crippen LogP contribution is -2.63. The highest BCUT2D eigenvalue weighted by molar-refractivity contribution is 7.89. The summed E-state index contributed by atoms with van der Waals surface area (Å²) in [4.78, 5) is 25.8. The monoisotopic (exact) mass is 367 g/mol. The van der Waals surface area contributed by atoms with Gasteiger partial charge in [-0.3, -0.25) is 14.5 Å². The predicted molar refractivity (Wildman–Crippen MR) is 88.7 cm³/mol. The maximum atomic E-state index is 12.9. The molecule has 0 aromatic heterocycles. The highest BCUT2D eigenvalue weighted by Gasteiger charge is 2.53. The normalized spacial score (nSPS) is 30.4. The molecule has 2 aliphatic rings. The van der Waals surface area contributed by atoms with Gasteiger partial charge in [-0.05, 0) is 32.9 Å². The molecule has 4 atom stereocenters. The van der Waals surface area contributed by atoms with Crippen molar-refractivity contribution < 1.29 is 22.7 Å². The Hall–Kier alpha value is -1.97. The van der Waals surface area contributed by atoms with Crippen LogP contribution >= 0.6 is 0 Å². The van der Waals surface area contributed by atoms with E-state index in [1.165, 1.54) is 24.0 Å². The second-order valence-electron chi connectivity index (χ2n) is 6.45. The number of rotatable bonds is 3. The van der Waals surface area contributed by atoms with Crippen molar-refractivity contribution in [3.8, 4) is 0 Å². The average molecular weight is 367 g/mol. The number of amides is 2. The number of piperazine rings is 1. The molecule has 1 aromatic rings. The predicted octanol–water partition coefficient (Wildman–Crippen LogP) is -0.185. The zero-order valence-electron chi connectivity index (χ0n) is 14.2. The third-order valence-electron chi connectivity index (χ3n) is 4.73. The summed E-state index contributed by atoms with van der Waals surface area (Å²) in [5.41, 5.74) is 6.32. The van der Waals surface area contributed by atoms with Crippen LogP contribution in [0.1, 0.15) is 19.4 Å². The molecule has 1 aromatic carbocycles. The van der Waals surface area contributed by atoms with Crippen LogP contribution in [0.3, 0.4) is 0 Å². The van der Waals surface area contributed by atoms with E-state index in [4.69, 9.17) is 10.5 Å². The summed E-state index contributed by atoms with van der Waals surface area (Å²) >= 11 is 0. The molecule has 3 rings (SSSR count). The van der Waals surface area contributed by atoms with Gasteiger partial charge in [0.25, 0.3) is 0 Å². The summed E-state index contributed by atoms with van der Waals surface area (Å²) < 4.78 is 32.7. The van der Waals surface area contributed by atoms with Gasteiger partial charge in [-0.15, -0.1) is 0 Å². The van der Waals surface area contributed by atoms with E-state index in [0.717, 1.165) is 9.87 Å². The van der Waals surface area contributed by atoms with Crippen molar-refractivity contribution in [2.75, 3.05) is 6.54 Å². The Morgan fingerprint density at radius 3 is 2.40 bits per heavy atom. The van der Waals surface area contributed by atoms with E-state index >= 15 is 0 Å². The van der Waals surface area contributed by atoms with Crippen LogP contribution < -0.4 is 5.73 Å². The summed E-state index contributed by atoms with van der Waals surface area (Å²) in [5.74, 6) is -1.15. The Labute approximate surface area is 146 Å². The zero-order valence-corrected chi connectivity index (χ0v) is 15.1. The number of ether oxygens (including phenoxy) is 1. The topological polar surface area (TPSA) is 110 Å². The number of benzene rings is 1. The number of hydrogen-bond donors (Lipinski definition) is 1. The average Bonchev–Trinajstić information content (AvgIpc) is 2.87. The van der Waals surface area contributed by atoms with Crippen LogP contribution in [-0.4, -0.2) is 60.4 Å². The van der Waals surface area contributed by atoms with Crippen molar-refractivity contribution in [2.24, 2.45) is 5.73 Å². The SMILES string of the molecule is Cc1ccc(S(=O)(=O)N2C[C@@H]3O[C@H](C)[C@@H](C(N)=O)N3C(=O)[C@@H]2C)cc1. The molecule has 2 heterocycles. The highest BCUT2D eigenvalue weighted by Crippen LogP contribution is 2.32. The van der Waals surface area contributed by atoms with Crippen LogP contribution in [0.2, 0.25) is 0 Å². The van der Waals surface area contributed by atoms with Crippen LogP contribution in [0.5, 0.6) is 0 Å². The Bertz CT molecular complexity index is 808. The van der Waals surface area contributed by atoms with Gasteiger partial charge in [-0.1, -0.05) is 17.7 Å². The molecule has 0 unspecified atom stereocenters. The van der Waals surface area contributed by atoms with E-state index in [1.807, 2.05) is 6.92 Å². The molecule has 0 aliphatic carbocycles. The van der Waals surface area contributed by atoms with Gasteiger partial charge in [-0.2, -0.15) is 4.31 Å². The van der Waals surface area contributed by atoms with Crippen LogP contribution in [0.15, 0.2) is 29.2 Å². The van der Waals surface area contributed by atoms with E-state index in [9.17, 15) is 18.0 Å². The fourth-order valence-corrected chi connectivity index (χ4v) is 4.96. The van der Waals surface area contributed by atoms with Gasteiger partial charge in [0.1, 0.15) is 18.3 Å². The van der Waals surface area contributed by atoms with Gasteiger partial charge in [0.05, 0.1) is 17.5 Å². The Morgan fingerprint density at radius 1 is 1.24 bits per heavy atom. The van der Waals surface area contributed by atoms with Gasteiger partial charge in [0.2, 0.25) is 21.8 Å². The molecular formula is C16H21N3O5S. The van der Waals surface area contributed by atoms with Gasteiger partial charge < -0.3 is 10.5 Å². The maximum absolute atomic E-state index is 12.9. The number of hydrogen-bond acceptors (Lipinski definition) is 5. The van der Waals surface area contributed by atoms with Crippen LogP contribution in [0.25, 0.3) is 0 Å². The van der Waals surface area contributed by atoms with Crippen LogP contribution in [0, 0.1) is 6.92 Å². The standard InChI is InChI=1S/C16H21N3O5S/c1-9-4-6-12(7-5-9)25(22,23)18-8-13-19(16(21)10(18)2)14(15(17)20)11(3)24-13/h4-7,10-11,13-14H,8H2,1-3H3,(H2,17,20)/t10-,11+,13-,14-/m0/s1. The molecule has 25 heavy (non-hydrogen) atoms. The summed E-state index contributed by atoms with van der Waals surface area (Å²) in [7, 11) is -3.87. The summed E-state index contributed by atoms with van der Waals surface area (Å²) in [6.07, 6.45) is -1.41. The molecule has 2 aliphatic heterocycles. The number of sulfonamides is 1. The minimum atomic E-state index is -3.87. The van der Waals surface area contributed by atoms with E-state index in [2.05, 4.69) is 0 Å². The lowest BCUT2D eigenvalue weighted by molar-refractivity contribution is -0.151. The molecule has 0 bridgehead atoms. The number of carbonyl (C=O) groups is 2. The molecule has 0 radical (unpaired) electrons. The summed E-state index contributed by atoms with van der Waals surface area (Å²) in [5, 5.41) is 0. The molecule has 0 spiro atoms. The minimum absolute atomic E-state index is 0.0444. The van der Waals surface area contributed by atoms with Crippen molar-refractivity contribution in [1.29, 1.82) is 0 Å². The first-order valence-corrected chi connectivity index (χ1v) is 9.44. The smallest absolute Gasteiger partial charge is 0.243 e. The number of nitrogens with zero attached hydrogens (tertiary/aromatic N) is 2. The second kappa shape index (κ2) is 6.08. The first-order chi connectivity index (χ1) is 11.6. The second-order valence-corrected chi connectivity index (χ2v) is 8.34. The lowest BCUT2D eigenvalue weighted by Gasteiger charge is -2.40. The molecule has 0 saturated carbocycles. The Kier molecular flexibility index (Phi) is 4.34. The van der Waals surface area contributed by atoms with Crippen LogP contribution in [-0.2, 0) is 24.3 Å². The van der Waals surface area contributed by atoms with E-state index < -0.39 is 46.3 Å². The molecule has 136 valence electrons. The minimum Gasteiger partial charge on any atom is -0.368 e. The Balaban J connectivity index is 1.95. The number of primary amides is 1. The van der Waals surface area contributed by atoms with Gasteiger partial charge in [0.15, 0.2) is 0 Å². The highest BCUT2D eigenvalue weighted by atomic mass is 32.2. The van der Waals surface area contributed by atoms with Crippen molar-refractivity contribution in [3.63, 3.8) is 0 Å². The number of fused-ring (bicyclic) bond motifs is 1. The molecular weight excluding hydrogens is 346 g/mol. The molecule has 2 fully saturated rings. The quantitative estimate of drug-likeness (QED) is 0.797.